The third kappa shape index (κ3) is 2.73. The Hall–Kier alpha value is -2.14. The lowest BCUT2D eigenvalue weighted by atomic mass is 9.73. The van der Waals surface area contributed by atoms with Gasteiger partial charge in [-0.25, -0.2) is 4.98 Å². The maximum Gasteiger partial charge on any atom is 0.231 e. The highest BCUT2D eigenvalue weighted by atomic mass is 16.5. The summed E-state index contributed by atoms with van der Waals surface area (Å²) in [4.78, 5) is 17.6. The molecule has 2 aromatic rings. The van der Waals surface area contributed by atoms with Crippen LogP contribution in [0, 0.1) is 0 Å². The lowest BCUT2D eigenvalue weighted by molar-refractivity contribution is -0.131. The van der Waals surface area contributed by atoms with Crippen LogP contribution in [0.3, 0.4) is 0 Å². The van der Waals surface area contributed by atoms with Crippen LogP contribution in [0.4, 0.5) is 0 Å². The molecule has 0 saturated carbocycles. The number of hydrogen-bond donors (Lipinski definition) is 1. The molecular formula is C19H23N3O2. The molecule has 3 heterocycles. The molecule has 5 nitrogen and oxygen atoms in total. The molecule has 0 unspecified atom stereocenters. The number of benzene rings is 1. The van der Waals surface area contributed by atoms with Crippen molar-refractivity contribution in [3.05, 3.63) is 54.1 Å². The van der Waals surface area contributed by atoms with Crippen molar-refractivity contribution >= 4 is 5.91 Å². The van der Waals surface area contributed by atoms with Gasteiger partial charge < -0.3 is 14.6 Å². The SMILES string of the molecule is O=C(N[C@H]1CCc2nccn2C1)C1(c2ccccc2)CCOCC1. The number of aryl methyl sites for hydroxylation is 1. The number of nitrogens with one attached hydrogen (secondary N) is 1. The summed E-state index contributed by atoms with van der Waals surface area (Å²) in [6.07, 6.45) is 7.18. The molecule has 2 aliphatic heterocycles. The molecule has 1 aromatic heterocycles. The number of carbonyl (C=O) groups excluding carboxylic acids is 1. The van der Waals surface area contributed by atoms with Gasteiger partial charge >= 0.3 is 0 Å². The number of aromatic nitrogens is 2. The van der Waals surface area contributed by atoms with Crippen LogP contribution in [-0.4, -0.2) is 34.7 Å². The van der Waals surface area contributed by atoms with Gasteiger partial charge in [0, 0.05) is 44.6 Å². The highest BCUT2D eigenvalue weighted by Gasteiger charge is 2.42. The fourth-order valence-electron chi connectivity index (χ4n) is 3.93. The molecule has 1 N–H and O–H groups in total. The summed E-state index contributed by atoms with van der Waals surface area (Å²) >= 11 is 0. The molecule has 2 aliphatic rings. The van der Waals surface area contributed by atoms with Crippen LogP contribution in [0.15, 0.2) is 42.7 Å². The zero-order chi connectivity index (χ0) is 16.4. The number of hydrogen-bond acceptors (Lipinski definition) is 3. The van der Waals surface area contributed by atoms with Gasteiger partial charge in [0.15, 0.2) is 0 Å². The predicted molar refractivity (Wildman–Crippen MR) is 90.7 cm³/mol. The molecule has 0 bridgehead atoms. The highest BCUT2D eigenvalue weighted by Crippen LogP contribution is 2.35. The molecule has 1 saturated heterocycles. The van der Waals surface area contributed by atoms with Gasteiger partial charge in [-0.05, 0) is 24.8 Å². The van der Waals surface area contributed by atoms with E-state index in [-0.39, 0.29) is 11.9 Å². The monoisotopic (exact) mass is 325 g/mol. The molecular weight excluding hydrogens is 302 g/mol. The number of amides is 1. The Morgan fingerprint density at radius 2 is 2.04 bits per heavy atom. The largest absolute Gasteiger partial charge is 0.381 e. The van der Waals surface area contributed by atoms with Gasteiger partial charge in [0.25, 0.3) is 0 Å². The average molecular weight is 325 g/mol. The second kappa shape index (κ2) is 6.40. The minimum Gasteiger partial charge on any atom is -0.381 e. The second-order valence-electron chi connectivity index (χ2n) is 6.77. The summed E-state index contributed by atoms with van der Waals surface area (Å²) < 4.78 is 7.68. The molecule has 126 valence electrons. The van der Waals surface area contributed by atoms with E-state index in [0.717, 1.165) is 43.6 Å². The van der Waals surface area contributed by atoms with Crippen molar-refractivity contribution in [2.24, 2.45) is 0 Å². The van der Waals surface area contributed by atoms with E-state index in [1.165, 1.54) is 0 Å². The lowest BCUT2D eigenvalue weighted by Crippen LogP contribution is -2.52. The maximum absolute atomic E-state index is 13.2. The van der Waals surface area contributed by atoms with Crippen molar-refractivity contribution in [1.82, 2.24) is 14.9 Å². The van der Waals surface area contributed by atoms with E-state index in [1.807, 2.05) is 30.6 Å². The molecule has 1 aromatic carbocycles. The fourth-order valence-corrected chi connectivity index (χ4v) is 3.93. The highest BCUT2D eigenvalue weighted by molar-refractivity contribution is 5.88. The van der Waals surface area contributed by atoms with Gasteiger partial charge in [0.05, 0.1) is 5.41 Å². The second-order valence-corrected chi connectivity index (χ2v) is 6.77. The van der Waals surface area contributed by atoms with Gasteiger partial charge in [0.2, 0.25) is 5.91 Å². The summed E-state index contributed by atoms with van der Waals surface area (Å²) in [5.41, 5.74) is 0.638. The number of imidazole rings is 1. The molecule has 1 fully saturated rings. The molecule has 0 aliphatic carbocycles. The van der Waals surface area contributed by atoms with E-state index < -0.39 is 5.41 Å². The van der Waals surface area contributed by atoms with Crippen LogP contribution in [0.25, 0.3) is 0 Å². The summed E-state index contributed by atoms with van der Waals surface area (Å²) in [5.74, 6) is 1.26. The topological polar surface area (TPSA) is 56.2 Å². The zero-order valence-electron chi connectivity index (χ0n) is 13.8. The Morgan fingerprint density at radius 3 is 2.83 bits per heavy atom. The molecule has 1 amide bonds. The van der Waals surface area contributed by atoms with E-state index in [1.54, 1.807) is 0 Å². The summed E-state index contributed by atoms with van der Waals surface area (Å²) in [6, 6.07) is 10.3. The first-order valence-corrected chi connectivity index (χ1v) is 8.72. The van der Waals surface area contributed by atoms with Gasteiger partial charge in [-0.15, -0.1) is 0 Å². The third-order valence-electron chi connectivity index (χ3n) is 5.38. The standard InChI is InChI=1S/C19H23N3O2/c23-18(21-16-6-7-17-20-10-11-22(17)14-16)19(8-12-24-13-9-19)15-4-2-1-3-5-15/h1-5,10-11,16H,6-9,12-14H2,(H,21,23)/t16-/m0/s1. The summed E-state index contributed by atoms with van der Waals surface area (Å²) in [6.45, 7) is 2.08. The van der Waals surface area contributed by atoms with Crippen molar-refractivity contribution in [2.75, 3.05) is 13.2 Å². The minimum absolute atomic E-state index is 0.144. The van der Waals surface area contributed by atoms with E-state index in [0.29, 0.717) is 13.2 Å². The Labute approximate surface area is 142 Å². The maximum atomic E-state index is 13.2. The van der Waals surface area contributed by atoms with Crippen LogP contribution < -0.4 is 5.32 Å². The van der Waals surface area contributed by atoms with Crippen LogP contribution in [0.2, 0.25) is 0 Å². The summed E-state index contributed by atoms with van der Waals surface area (Å²) in [5, 5.41) is 3.32. The van der Waals surface area contributed by atoms with Crippen molar-refractivity contribution in [1.29, 1.82) is 0 Å². The molecule has 5 heteroatoms. The predicted octanol–water partition coefficient (Wildman–Crippen LogP) is 2.06. The van der Waals surface area contributed by atoms with Gasteiger partial charge in [-0.1, -0.05) is 30.3 Å². The van der Waals surface area contributed by atoms with E-state index in [2.05, 4.69) is 27.0 Å². The number of rotatable bonds is 3. The van der Waals surface area contributed by atoms with Gasteiger partial charge in [-0.2, -0.15) is 0 Å². The van der Waals surface area contributed by atoms with Gasteiger partial charge in [0.1, 0.15) is 5.82 Å². The van der Waals surface area contributed by atoms with Crippen LogP contribution in [0.5, 0.6) is 0 Å². The zero-order valence-corrected chi connectivity index (χ0v) is 13.8. The number of nitrogens with zero attached hydrogens (tertiary/aromatic N) is 2. The van der Waals surface area contributed by atoms with E-state index in [4.69, 9.17) is 4.74 Å². The molecule has 4 rings (SSSR count). The van der Waals surface area contributed by atoms with Crippen molar-refractivity contribution < 1.29 is 9.53 Å². The molecule has 0 spiro atoms. The Kier molecular flexibility index (Phi) is 4.10. The third-order valence-corrected chi connectivity index (χ3v) is 5.38. The number of ether oxygens (including phenoxy) is 1. The Balaban J connectivity index is 1.54. The number of carbonyl (C=O) groups is 1. The number of fused-ring (bicyclic) bond motifs is 1. The lowest BCUT2D eigenvalue weighted by Gasteiger charge is -2.38. The van der Waals surface area contributed by atoms with Crippen molar-refractivity contribution in [3.63, 3.8) is 0 Å². The first-order chi connectivity index (χ1) is 11.8. The first kappa shape index (κ1) is 15.4. The van der Waals surface area contributed by atoms with Crippen LogP contribution in [-0.2, 0) is 27.9 Å². The first-order valence-electron chi connectivity index (χ1n) is 8.72. The quantitative estimate of drug-likeness (QED) is 0.940. The Morgan fingerprint density at radius 1 is 1.25 bits per heavy atom. The fraction of sp³-hybridized carbons (Fsp3) is 0.474. The minimum atomic E-state index is -0.464. The molecule has 0 radical (unpaired) electrons. The van der Waals surface area contributed by atoms with Crippen molar-refractivity contribution in [3.8, 4) is 0 Å². The normalized spacial score (nSPS) is 22.6. The van der Waals surface area contributed by atoms with Crippen LogP contribution in [0.1, 0.15) is 30.7 Å². The van der Waals surface area contributed by atoms with Crippen LogP contribution >= 0.6 is 0 Å². The smallest absolute Gasteiger partial charge is 0.231 e. The van der Waals surface area contributed by atoms with Crippen molar-refractivity contribution in [2.45, 2.75) is 43.7 Å². The van der Waals surface area contributed by atoms with Gasteiger partial charge in [-0.3, -0.25) is 4.79 Å². The molecule has 1 atom stereocenters. The van der Waals surface area contributed by atoms with E-state index >= 15 is 0 Å². The molecule has 24 heavy (non-hydrogen) atoms. The average Bonchev–Trinajstić information content (AvgIpc) is 3.11. The van der Waals surface area contributed by atoms with E-state index in [9.17, 15) is 4.79 Å². The Bertz CT molecular complexity index is 704. The summed E-state index contributed by atoms with van der Waals surface area (Å²) in [7, 11) is 0.